The van der Waals surface area contributed by atoms with Crippen molar-refractivity contribution in [3.8, 4) is 0 Å². The summed E-state index contributed by atoms with van der Waals surface area (Å²) in [5.41, 5.74) is 0. The van der Waals surface area contributed by atoms with E-state index in [1.807, 2.05) is 0 Å². The van der Waals surface area contributed by atoms with Gasteiger partial charge < -0.3 is 0 Å². The summed E-state index contributed by atoms with van der Waals surface area (Å²) in [6.45, 7) is 0. The summed E-state index contributed by atoms with van der Waals surface area (Å²) in [5, 5.41) is 0. The molecular formula is C4H9O2Sn. The Bertz CT molecular complexity index is 31.2. The summed E-state index contributed by atoms with van der Waals surface area (Å²) in [6.07, 6.45) is 0.0261. The Morgan fingerprint density at radius 2 is 1.86 bits per heavy atom. The fourth-order valence-electron chi connectivity index (χ4n) is 0.263. The van der Waals surface area contributed by atoms with Gasteiger partial charge in [-0.3, -0.25) is 0 Å². The fourth-order valence-corrected chi connectivity index (χ4v) is 1.21. The molecule has 0 N–H and O–H groups in total. The zero-order valence-electron chi connectivity index (χ0n) is 4.60. The van der Waals surface area contributed by atoms with Gasteiger partial charge in [-0.1, -0.05) is 0 Å². The van der Waals surface area contributed by atoms with Gasteiger partial charge in [0.15, 0.2) is 0 Å². The van der Waals surface area contributed by atoms with E-state index >= 15 is 0 Å². The monoisotopic (exact) mass is 209 g/mol. The summed E-state index contributed by atoms with van der Waals surface area (Å²) in [7, 11) is 3.30. The van der Waals surface area contributed by atoms with Gasteiger partial charge in [-0.15, -0.1) is 0 Å². The Labute approximate surface area is 57.3 Å². The second-order valence-corrected chi connectivity index (χ2v) is 2.27. The normalized spacial score (nSPS) is 10.3. The van der Waals surface area contributed by atoms with Crippen molar-refractivity contribution in [2.24, 2.45) is 0 Å². The zero-order chi connectivity index (χ0) is 5.70. The second kappa shape index (κ2) is 4.87. The Morgan fingerprint density at radius 3 is 1.86 bits per heavy atom. The first-order valence-electron chi connectivity index (χ1n) is 2.05. The topological polar surface area (TPSA) is 18.5 Å². The molecule has 0 aromatic carbocycles. The molecule has 0 bridgehead atoms. The van der Waals surface area contributed by atoms with E-state index in [2.05, 4.69) is 0 Å². The van der Waals surface area contributed by atoms with Gasteiger partial charge in [0, 0.05) is 0 Å². The number of hydrogen-bond donors (Lipinski definition) is 0. The first-order chi connectivity index (χ1) is 3.35. The molecule has 0 atom stereocenters. The summed E-state index contributed by atoms with van der Waals surface area (Å²) in [5.74, 6) is 0. The average molecular weight is 208 g/mol. The predicted molar refractivity (Wildman–Crippen MR) is 28.4 cm³/mol. The zero-order valence-corrected chi connectivity index (χ0v) is 7.46. The molecule has 0 rings (SSSR count). The van der Waals surface area contributed by atoms with Crippen LogP contribution in [0.4, 0.5) is 0 Å². The summed E-state index contributed by atoms with van der Waals surface area (Å²) >= 11 is 1.45. The molecule has 0 aliphatic carbocycles. The van der Waals surface area contributed by atoms with Crippen LogP contribution < -0.4 is 0 Å². The van der Waals surface area contributed by atoms with E-state index in [0.717, 1.165) is 4.44 Å². The van der Waals surface area contributed by atoms with Crippen LogP contribution in [0.2, 0.25) is 4.44 Å². The molecule has 0 heterocycles. The number of ether oxygens (including phenoxy) is 2. The average Bonchev–Trinajstić information content (AvgIpc) is 1.72. The Kier molecular flexibility index (Phi) is 5.37. The predicted octanol–water partition coefficient (Wildman–Crippen LogP) is 0.192. The quantitative estimate of drug-likeness (QED) is 0.486. The van der Waals surface area contributed by atoms with Gasteiger partial charge in [-0.25, -0.2) is 0 Å². The maximum atomic E-state index is 4.85. The van der Waals surface area contributed by atoms with Crippen LogP contribution in [0.25, 0.3) is 0 Å². The van der Waals surface area contributed by atoms with E-state index < -0.39 is 0 Å². The van der Waals surface area contributed by atoms with Crippen LogP contribution in [-0.2, 0) is 9.47 Å². The number of methoxy groups -OCH3 is 2. The molecule has 0 saturated carbocycles. The van der Waals surface area contributed by atoms with Crippen LogP contribution in [0, 0.1) is 0 Å². The van der Waals surface area contributed by atoms with Crippen LogP contribution in [-0.4, -0.2) is 43.0 Å². The SMILES string of the molecule is COC([CH2][Sn])OC. The standard InChI is InChI=1S/C4H9O2.Sn/c1-4(5-2)6-3;/h4H,1H2,2-3H3;. The third-order valence-electron chi connectivity index (χ3n) is 0.692. The number of rotatable bonds is 3. The molecule has 3 heteroatoms. The first kappa shape index (κ1) is 7.72. The summed E-state index contributed by atoms with van der Waals surface area (Å²) in [6, 6.07) is 0. The van der Waals surface area contributed by atoms with Crippen molar-refractivity contribution in [3.63, 3.8) is 0 Å². The minimum atomic E-state index is 0.0261. The van der Waals surface area contributed by atoms with Crippen molar-refractivity contribution in [1.82, 2.24) is 0 Å². The minimum absolute atomic E-state index is 0.0261. The van der Waals surface area contributed by atoms with E-state index in [1.54, 1.807) is 14.2 Å². The maximum absolute atomic E-state index is 4.85. The van der Waals surface area contributed by atoms with Crippen LogP contribution in [0.3, 0.4) is 0 Å². The molecule has 41 valence electrons. The number of hydrogen-bond acceptors (Lipinski definition) is 2. The Hall–Kier alpha value is 0.719. The Balaban J connectivity index is 2.99. The molecule has 0 aliphatic heterocycles. The first-order valence-corrected chi connectivity index (χ1v) is 4.07. The molecule has 0 fully saturated rings. The van der Waals surface area contributed by atoms with Gasteiger partial charge in [-0.05, 0) is 0 Å². The molecule has 0 aromatic heterocycles. The van der Waals surface area contributed by atoms with Crippen molar-refractivity contribution < 1.29 is 9.47 Å². The molecular weight excluding hydrogens is 199 g/mol. The second-order valence-electron chi connectivity index (χ2n) is 1.11. The van der Waals surface area contributed by atoms with Gasteiger partial charge in [0.1, 0.15) is 0 Å². The van der Waals surface area contributed by atoms with E-state index in [-0.39, 0.29) is 6.29 Å². The summed E-state index contributed by atoms with van der Waals surface area (Å²) < 4.78 is 10.7. The molecule has 0 spiro atoms. The Morgan fingerprint density at radius 1 is 1.43 bits per heavy atom. The fraction of sp³-hybridized carbons (Fsp3) is 1.00. The van der Waals surface area contributed by atoms with Crippen molar-refractivity contribution in [3.05, 3.63) is 0 Å². The van der Waals surface area contributed by atoms with Gasteiger partial charge >= 0.3 is 56.9 Å². The third-order valence-corrected chi connectivity index (χ3v) is 1.64. The van der Waals surface area contributed by atoms with E-state index in [9.17, 15) is 0 Å². The molecule has 0 amide bonds. The van der Waals surface area contributed by atoms with Crippen molar-refractivity contribution in [2.45, 2.75) is 10.7 Å². The van der Waals surface area contributed by atoms with Gasteiger partial charge in [0.25, 0.3) is 0 Å². The van der Waals surface area contributed by atoms with Crippen LogP contribution in [0.5, 0.6) is 0 Å². The molecule has 0 aliphatic rings. The van der Waals surface area contributed by atoms with Gasteiger partial charge in [0.2, 0.25) is 0 Å². The van der Waals surface area contributed by atoms with Crippen molar-refractivity contribution in [2.75, 3.05) is 14.2 Å². The summed E-state index contributed by atoms with van der Waals surface area (Å²) in [4.78, 5) is 0. The molecule has 0 aromatic rings. The van der Waals surface area contributed by atoms with Crippen LogP contribution in [0.1, 0.15) is 0 Å². The van der Waals surface area contributed by atoms with E-state index in [1.165, 1.54) is 22.5 Å². The van der Waals surface area contributed by atoms with Crippen molar-refractivity contribution in [1.29, 1.82) is 0 Å². The van der Waals surface area contributed by atoms with Gasteiger partial charge in [0.05, 0.1) is 0 Å². The molecule has 2 nitrogen and oxygen atoms in total. The van der Waals surface area contributed by atoms with Crippen LogP contribution >= 0.6 is 0 Å². The van der Waals surface area contributed by atoms with Gasteiger partial charge in [-0.2, -0.15) is 0 Å². The molecule has 7 heavy (non-hydrogen) atoms. The van der Waals surface area contributed by atoms with E-state index in [4.69, 9.17) is 9.47 Å². The molecule has 3 radical (unpaired) electrons. The van der Waals surface area contributed by atoms with E-state index in [0.29, 0.717) is 0 Å². The third kappa shape index (κ3) is 3.31. The molecule has 0 unspecified atom stereocenters. The molecule has 0 saturated heterocycles. The van der Waals surface area contributed by atoms with Crippen molar-refractivity contribution >= 4 is 22.5 Å². The van der Waals surface area contributed by atoms with Crippen LogP contribution in [0.15, 0.2) is 0 Å².